The van der Waals surface area contributed by atoms with Gasteiger partial charge in [-0.1, -0.05) is 0 Å². The van der Waals surface area contributed by atoms with Crippen molar-refractivity contribution in [1.29, 1.82) is 0 Å². The average molecular weight is 269 g/mol. The molecular weight excluding hydrogens is 256 g/mol. The van der Waals surface area contributed by atoms with Crippen LogP contribution in [0.4, 0.5) is 8.78 Å². The molecule has 1 N–H and O–H groups in total. The van der Waals surface area contributed by atoms with Crippen LogP contribution in [0.25, 0.3) is 0 Å². The minimum Gasteiger partial charge on any atom is -0.481 e. The summed E-state index contributed by atoms with van der Waals surface area (Å²) in [5.74, 6) is -3.56. The van der Waals surface area contributed by atoms with Crippen LogP contribution in [0.3, 0.4) is 0 Å². The van der Waals surface area contributed by atoms with E-state index in [-0.39, 0.29) is 12.1 Å². The number of aliphatic carboxylic acids is 1. The van der Waals surface area contributed by atoms with Gasteiger partial charge in [-0.15, -0.1) is 0 Å². The highest BCUT2D eigenvalue weighted by atomic mass is 19.2. The first kappa shape index (κ1) is 13.5. The monoisotopic (exact) mass is 269 g/mol. The van der Waals surface area contributed by atoms with Crippen LogP contribution in [0.5, 0.6) is 0 Å². The van der Waals surface area contributed by atoms with Gasteiger partial charge >= 0.3 is 5.97 Å². The molecule has 0 bridgehead atoms. The third-order valence-corrected chi connectivity index (χ3v) is 3.44. The normalized spacial score (nSPS) is 22.6. The van der Waals surface area contributed by atoms with Gasteiger partial charge in [0.05, 0.1) is 5.41 Å². The SMILES string of the molecule is CC1(C(=O)O)CCN(C(=O)c2ccc(F)c(F)c2)C1. The number of carbonyl (C=O) groups excluding carboxylic acids is 1. The molecule has 1 saturated heterocycles. The molecule has 2 rings (SSSR count). The fraction of sp³-hybridized carbons (Fsp3) is 0.385. The Hall–Kier alpha value is -1.98. The molecule has 1 aliphatic heterocycles. The second-order valence-electron chi connectivity index (χ2n) is 4.97. The molecule has 1 fully saturated rings. The highest BCUT2D eigenvalue weighted by molar-refractivity contribution is 5.95. The molecule has 1 amide bonds. The molecule has 1 atom stereocenters. The number of likely N-dealkylation sites (tertiary alicyclic amines) is 1. The summed E-state index contributed by atoms with van der Waals surface area (Å²) in [6.07, 6.45) is 0.345. The molecule has 1 aromatic rings. The predicted octanol–water partition coefficient (Wildman–Crippen LogP) is 1.90. The van der Waals surface area contributed by atoms with Crippen LogP contribution < -0.4 is 0 Å². The Morgan fingerprint density at radius 1 is 1.32 bits per heavy atom. The minimum atomic E-state index is -1.09. The van der Waals surface area contributed by atoms with Crippen LogP contribution in [-0.4, -0.2) is 35.0 Å². The quantitative estimate of drug-likeness (QED) is 0.892. The Balaban J connectivity index is 2.18. The molecule has 4 nitrogen and oxygen atoms in total. The van der Waals surface area contributed by atoms with Crippen molar-refractivity contribution in [2.24, 2.45) is 5.41 Å². The van der Waals surface area contributed by atoms with Crippen LogP contribution in [0.1, 0.15) is 23.7 Å². The predicted molar refractivity (Wildman–Crippen MR) is 62.6 cm³/mol. The number of carbonyl (C=O) groups is 2. The van der Waals surface area contributed by atoms with Gasteiger partial charge in [0.25, 0.3) is 5.91 Å². The van der Waals surface area contributed by atoms with E-state index in [9.17, 15) is 18.4 Å². The van der Waals surface area contributed by atoms with Crippen molar-refractivity contribution < 1.29 is 23.5 Å². The van der Waals surface area contributed by atoms with Crippen LogP contribution in [0, 0.1) is 17.0 Å². The van der Waals surface area contributed by atoms with Gasteiger partial charge in [-0.05, 0) is 31.5 Å². The van der Waals surface area contributed by atoms with Crippen molar-refractivity contribution in [1.82, 2.24) is 4.90 Å². The molecule has 6 heteroatoms. The van der Waals surface area contributed by atoms with E-state index in [4.69, 9.17) is 5.11 Å². The van der Waals surface area contributed by atoms with Gasteiger partial charge < -0.3 is 10.0 Å². The van der Waals surface area contributed by atoms with Gasteiger partial charge in [0.1, 0.15) is 0 Å². The Labute approximate surface area is 108 Å². The Kier molecular flexibility index (Phi) is 3.26. The molecule has 1 aromatic carbocycles. The highest BCUT2D eigenvalue weighted by Crippen LogP contribution is 2.31. The van der Waals surface area contributed by atoms with Gasteiger partial charge in [0.2, 0.25) is 0 Å². The van der Waals surface area contributed by atoms with E-state index in [1.54, 1.807) is 6.92 Å². The summed E-state index contributed by atoms with van der Waals surface area (Å²) < 4.78 is 25.9. The zero-order valence-corrected chi connectivity index (χ0v) is 10.3. The third-order valence-electron chi connectivity index (χ3n) is 3.44. The summed E-state index contributed by atoms with van der Waals surface area (Å²) in [4.78, 5) is 24.5. The molecule has 102 valence electrons. The molecule has 0 saturated carbocycles. The van der Waals surface area contributed by atoms with E-state index in [0.29, 0.717) is 13.0 Å². The summed E-state index contributed by atoms with van der Waals surface area (Å²) in [6.45, 7) is 1.93. The molecule has 0 aromatic heterocycles. The van der Waals surface area contributed by atoms with Crippen molar-refractivity contribution in [3.63, 3.8) is 0 Å². The second-order valence-corrected chi connectivity index (χ2v) is 4.97. The summed E-state index contributed by atoms with van der Waals surface area (Å²) in [6, 6.07) is 2.90. The fourth-order valence-corrected chi connectivity index (χ4v) is 2.12. The fourth-order valence-electron chi connectivity index (χ4n) is 2.12. The standard InChI is InChI=1S/C13H13F2NO3/c1-13(12(18)19)4-5-16(7-13)11(17)8-2-3-9(14)10(15)6-8/h2-3,6H,4-5,7H2,1H3,(H,18,19). The molecular formula is C13H13F2NO3. The maximum absolute atomic E-state index is 13.1. The zero-order chi connectivity index (χ0) is 14.2. The van der Waals surface area contributed by atoms with Crippen LogP contribution >= 0.6 is 0 Å². The molecule has 1 unspecified atom stereocenters. The first-order valence-corrected chi connectivity index (χ1v) is 5.81. The van der Waals surface area contributed by atoms with E-state index in [0.717, 1.165) is 12.1 Å². The van der Waals surface area contributed by atoms with Crippen molar-refractivity contribution in [3.05, 3.63) is 35.4 Å². The number of hydrogen-bond donors (Lipinski definition) is 1. The van der Waals surface area contributed by atoms with E-state index in [2.05, 4.69) is 0 Å². The lowest BCUT2D eigenvalue weighted by Gasteiger charge is -2.20. The van der Waals surface area contributed by atoms with Crippen LogP contribution in [0.2, 0.25) is 0 Å². The number of amides is 1. The number of carboxylic acid groups (broad SMARTS) is 1. The Morgan fingerprint density at radius 3 is 2.53 bits per heavy atom. The first-order valence-electron chi connectivity index (χ1n) is 5.81. The van der Waals surface area contributed by atoms with E-state index < -0.39 is 28.9 Å². The Bertz CT molecular complexity index is 547. The maximum Gasteiger partial charge on any atom is 0.311 e. The van der Waals surface area contributed by atoms with Crippen molar-refractivity contribution in [3.8, 4) is 0 Å². The van der Waals surface area contributed by atoms with Gasteiger partial charge in [-0.3, -0.25) is 9.59 Å². The minimum absolute atomic E-state index is 0.0218. The van der Waals surface area contributed by atoms with Crippen molar-refractivity contribution in [2.75, 3.05) is 13.1 Å². The van der Waals surface area contributed by atoms with E-state index in [1.165, 1.54) is 11.0 Å². The molecule has 0 spiro atoms. The molecule has 1 aliphatic rings. The lowest BCUT2D eigenvalue weighted by atomic mass is 9.90. The smallest absolute Gasteiger partial charge is 0.311 e. The number of nitrogens with zero attached hydrogens (tertiary/aromatic N) is 1. The first-order chi connectivity index (χ1) is 8.83. The van der Waals surface area contributed by atoms with Gasteiger partial charge in [-0.2, -0.15) is 0 Å². The molecule has 1 heterocycles. The van der Waals surface area contributed by atoms with Gasteiger partial charge in [0.15, 0.2) is 11.6 Å². The summed E-state index contributed by atoms with van der Waals surface area (Å²) in [5, 5.41) is 9.08. The number of carboxylic acids is 1. The topological polar surface area (TPSA) is 57.6 Å². The lowest BCUT2D eigenvalue weighted by Crippen LogP contribution is -2.34. The molecule has 0 aliphatic carbocycles. The number of benzene rings is 1. The summed E-state index contributed by atoms with van der Waals surface area (Å²) >= 11 is 0. The third kappa shape index (κ3) is 2.43. The van der Waals surface area contributed by atoms with Crippen LogP contribution in [0.15, 0.2) is 18.2 Å². The lowest BCUT2D eigenvalue weighted by molar-refractivity contribution is -0.147. The van der Waals surface area contributed by atoms with Crippen molar-refractivity contribution >= 4 is 11.9 Å². The summed E-state index contributed by atoms with van der Waals surface area (Å²) in [7, 11) is 0. The average Bonchev–Trinajstić information content (AvgIpc) is 2.76. The number of hydrogen-bond acceptors (Lipinski definition) is 2. The van der Waals surface area contributed by atoms with E-state index >= 15 is 0 Å². The second kappa shape index (κ2) is 4.60. The molecule has 0 radical (unpaired) electrons. The number of halogens is 2. The van der Waals surface area contributed by atoms with Gasteiger partial charge in [0, 0.05) is 18.7 Å². The Morgan fingerprint density at radius 2 is 2.00 bits per heavy atom. The zero-order valence-electron chi connectivity index (χ0n) is 10.3. The number of rotatable bonds is 2. The van der Waals surface area contributed by atoms with Crippen LogP contribution in [-0.2, 0) is 4.79 Å². The summed E-state index contributed by atoms with van der Waals surface area (Å²) in [5.41, 5.74) is -0.956. The van der Waals surface area contributed by atoms with Gasteiger partial charge in [-0.25, -0.2) is 8.78 Å². The van der Waals surface area contributed by atoms with Crippen molar-refractivity contribution in [2.45, 2.75) is 13.3 Å². The highest BCUT2D eigenvalue weighted by Gasteiger charge is 2.42. The van der Waals surface area contributed by atoms with E-state index in [1.807, 2.05) is 0 Å². The largest absolute Gasteiger partial charge is 0.481 e. The molecule has 19 heavy (non-hydrogen) atoms. The maximum atomic E-state index is 13.1.